The van der Waals surface area contributed by atoms with Gasteiger partial charge in [-0.1, -0.05) is 6.92 Å². The summed E-state index contributed by atoms with van der Waals surface area (Å²) in [5.74, 6) is 4.12. The monoisotopic (exact) mass is 372 g/mol. The average Bonchev–Trinajstić information content (AvgIpc) is 2.88. The van der Waals surface area contributed by atoms with Gasteiger partial charge in [-0.25, -0.2) is 0 Å². The molecule has 0 N–H and O–H groups in total. The van der Waals surface area contributed by atoms with Crippen molar-refractivity contribution in [2.75, 3.05) is 7.11 Å². The number of ketones is 1. The first-order chi connectivity index (χ1) is 12.2. The zero-order valence-electron chi connectivity index (χ0n) is 16.9. The highest BCUT2D eigenvalue weighted by Crippen LogP contribution is 2.60. The summed E-state index contributed by atoms with van der Waals surface area (Å²) in [6.45, 7) is 8.88. The molecule has 1 aromatic carbocycles. The number of Topliss-reactive ketones (excluding diaryl/α,β-unsaturated/α-hetero) is 1. The van der Waals surface area contributed by atoms with Crippen LogP contribution in [0.3, 0.4) is 0 Å². The summed E-state index contributed by atoms with van der Waals surface area (Å²) in [7, 11) is 0.0351. The number of rotatable bonds is 3. The molecule has 3 aliphatic rings. The van der Waals surface area contributed by atoms with Gasteiger partial charge in [-0.15, -0.1) is 0 Å². The van der Waals surface area contributed by atoms with E-state index in [4.69, 9.17) is 9.16 Å². The molecular weight excluding hydrogens is 340 g/mol. The molecule has 0 aliphatic heterocycles. The quantitative estimate of drug-likeness (QED) is 0.672. The maximum absolute atomic E-state index is 12.5. The van der Waals surface area contributed by atoms with E-state index in [1.807, 2.05) is 0 Å². The van der Waals surface area contributed by atoms with Crippen LogP contribution in [0.4, 0.5) is 0 Å². The normalized spacial score (nSPS) is 33.3. The van der Waals surface area contributed by atoms with Crippen LogP contribution in [0.25, 0.3) is 0 Å². The summed E-state index contributed by atoms with van der Waals surface area (Å²) in [6, 6.07) is 4.50. The SMILES string of the molecule is COc1cc2c(cc1O[Si](C)(C)C)[C@H]1CC[C@]3(C)C(=O)CC[C@H]3[C@@H]1CC2. The summed E-state index contributed by atoms with van der Waals surface area (Å²) < 4.78 is 12.0. The minimum absolute atomic E-state index is 0.0528. The van der Waals surface area contributed by atoms with E-state index in [1.165, 1.54) is 17.5 Å². The lowest BCUT2D eigenvalue weighted by Gasteiger charge is -2.48. The highest BCUT2D eigenvalue weighted by molar-refractivity contribution is 6.70. The lowest BCUT2D eigenvalue weighted by Crippen LogP contribution is -2.42. The Morgan fingerprint density at radius 2 is 1.85 bits per heavy atom. The largest absolute Gasteiger partial charge is 0.542 e. The van der Waals surface area contributed by atoms with Crippen LogP contribution in [0.1, 0.15) is 56.1 Å². The molecule has 0 aromatic heterocycles. The highest BCUT2D eigenvalue weighted by Gasteiger charge is 2.54. The molecule has 0 spiro atoms. The summed E-state index contributed by atoms with van der Waals surface area (Å²) in [6.07, 6.45) is 6.38. The van der Waals surface area contributed by atoms with Crippen molar-refractivity contribution in [2.45, 2.75) is 71.0 Å². The van der Waals surface area contributed by atoms with Gasteiger partial charge >= 0.3 is 0 Å². The Morgan fingerprint density at radius 1 is 1.08 bits per heavy atom. The number of hydrogen-bond donors (Lipinski definition) is 0. The molecule has 0 saturated heterocycles. The minimum Gasteiger partial charge on any atom is -0.542 e. The Hall–Kier alpha value is -1.29. The summed E-state index contributed by atoms with van der Waals surface area (Å²) in [5, 5.41) is 0. The van der Waals surface area contributed by atoms with E-state index in [0.717, 1.165) is 43.6 Å². The van der Waals surface area contributed by atoms with Crippen molar-refractivity contribution < 1.29 is 14.0 Å². The molecule has 3 nitrogen and oxygen atoms in total. The molecule has 1 aromatic rings. The lowest BCUT2D eigenvalue weighted by atomic mass is 9.55. The van der Waals surface area contributed by atoms with Crippen LogP contribution in [0.5, 0.6) is 11.5 Å². The van der Waals surface area contributed by atoms with Crippen LogP contribution in [0, 0.1) is 17.3 Å². The van der Waals surface area contributed by atoms with Crippen molar-refractivity contribution in [3.05, 3.63) is 23.3 Å². The van der Waals surface area contributed by atoms with E-state index >= 15 is 0 Å². The van der Waals surface area contributed by atoms with E-state index < -0.39 is 8.32 Å². The number of carbonyl (C=O) groups is 1. The Kier molecular flexibility index (Phi) is 4.25. The second-order valence-corrected chi connectivity index (χ2v) is 14.2. The van der Waals surface area contributed by atoms with E-state index in [9.17, 15) is 4.79 Å². The molecule has 2 saturated carbocycles. The molecule has 4 rings (SSSR count). The minimum atomic E-state index is -1.70. The molecular formula is C22H32O3Si. The molecule has 0 unspecified atom stereocenters. The molecule has 0 amide bonds. The summed E-state index contributed by atoms with van der Waals surface area (Å²) in [5.41, 5.74) is 2.85. The fourth-order valence-corrected chi connectivity index (χ4v) is 6.74. The third-order valence-corrected chi connectivity index (χ3v) is 7.97. The first-order valence-electron chi connectivity index (χ1n) is 10.2. The zero-order valence-corrected chi connectivity index (χ0v) is 17.9. The van der Waals surface area contributed by atoms with E-state index in [-0.39, 0.29) is 5.41 Å². The smallest absolute Gasteiger partial charge is 0.242 e. The maximum Gasteiger partial charge on any atom is 0.242 e. The lowest BCUT2D eigenvalue weighted by molar-refractivity contribution is -0.129. The Bertz CT molecular complexity index is 736. The second-order valence-electron chi connectivity index (χ2n) is 9.75. The van der Waals surface area contributed by atoms with Crippen LogP contribution in [0.15, 0.2) is 12.1 Å². The molecule has 3 aliphatic carbocycles. The van der Waals surface area contributed by atoms with Gasteiger partial charge in [0.05, 0.1) is 7.11 Å². The summed E-state index contributed by atoms with van der Waals surface area (Å²) >= 11 is 0. The van der Waals surface area contributed by atoms with Gasteiger partial charge in [-0.3, -0.25) is 4.79 Å². The Labute approximate surface area is 158 Å². The number of aryl methyl sites for hydroxylation is 1. The third kappa shape index (κ3) is 2.81. The van der Waals surface area contributed by atoms with Crippen molar-refractivity contribution in [3.63, 3.8) is 0 Å². The van der Waals surface area contributed by atoms with Gasteiger partial charge in [-0.2, -0.15) is 0 Å². The number of carbonyl (C=O) groups excluding carboxylic acids is 1. The Balaban J connectivity index is 1.71. The topological polar surface area (TPSA) is 35.5 Å². The standard InChI is InChI=1S/C22H32O3Si/c1-22-11-10-15-16(18(22)8-9-21(22)23)7-6-14-12-19(24-2)20(13-17(14)15)25-26(3,4)5/h12-13,15-16,18H,6-11H2,1-5H3/t15-,16+,18-,22-/m0/s1. The van der Waals surface area contributed by atoms with Crippen LogP contribution < -0.4 is 9.16 Å². The van der Waals surface area contributed by atoms with Crippen molar-refractivity contribution in [1.29, 1.82) is 0 Å². The van der Waals surface area contributed by atoms with E-state index in [0.29, 0.717) is 23.5 Å². The fourth-order valence-electron chi connectivity index (χ4n) is 5.92. The fraction of sp³-hybridized carbons (Fsp3) is 0.682. The molecule has 0 heterocycles. The van der Waals surface area contributed by atoms with Gasteiger partial charge in [0, 0.05) is 11.8 Å². The third-order valence-electron chi connectivity index (χ3n) is 7.13. The highest BCUT2D eigenvalue weighted by atomic mass is 28.4. The van der Waals surface area contributed by atoms with E-state index in [1.54, 1.807) is 7.11 Å². The number of methoxy groups -OCH3 is 1. The van der Waals surface area contributed by atoms with Gasteiger partial charge in [0.15, 0.2) is 5.75 Å². The van der Waals surface area contributed by atoms with Gasteiger partial charge in [-0.05, 0) is 92.8 Å². The van der Waals surface area contributed by atoms with E-state index in [2.05, 4.69) is 38.7 Å². The van der Waals surface area contributed by atoms with Crippen LogP contribution in [-0.2, 0) is 11.2 Å². The van der Waals surface area contributed by atoms with Gasteiger partial charge < -0.3 is 9.16 Å². The van der Waals surface area contributed by atoms with Gasteiger partial charge in [0.1, 0.15) is 11.5 Å². The summed E-state index contributed by atoms with van der Waals surface area (Å²) in [4.78, 5) is 12.5. The molecule has 4 atom stereocenters. The zero-order chi connectivity index (χ0) is 18.7. The number of ether oxygens (including phenoxy) is 1. The first-order valence-corrected chi connectivity index (χ1v) is 13.6. The van der Waals surface area contributed by atoms with Crippen LogP contribution in [-0.4, -0.2) is 21.2 Å². The van der Waals surface area contributed by atoms with Crippen molar-refractivity contribution in [2.24, 2.45) is 17.3 Å². The number of fused-ring (bicyclic) bond motifs is 5. The molecule has 142 valence electrons. The van der Waals surface area contributed by atoms with Crippen molar-refractivity contribution in [3.8, 4) is 11.5 Å². The predicted octanol–water partition coefficient (Wildman–Crippen LogP) is 5.33. The van der Waals surface area contributed by atoms with Crippen LogP contribution in [0.2, 0.25) is 19.6 Å². The molecule has 0 bridgehead atoms. The number of benzene rings is 1. The van der Waals surface area contributed by atoms with Gasteiger partial charge in [0.2, 0.25) is 8.32 Å². The van der Waals surface area contributed by atoms with Crippen LogP contribution >= 0.6 is 0 Å². The first kappa shape index (κ1) is 18.1. The van der Waals surface area contributed by atoms with Crippen molar-refractivity contribution >= 4 is 14.1 Å². The second kappa shape index (κ2) is 6.12. The van der Waals surface area contributed by atoms with Crippen molar-refractivity contribution in [1.82, 2.24) is 0 Å². The molecule has 4 heteroatoms. The van der Waals surface area contributed by atoms with Gasteiger partial charge in [0.25, 0.3) is 0 Å². The predicted molar refractivity (Wildman–Crippen MR) is 107 cm³/mol. The number of hydrogen-bond acceptors (Lipinski definition) is 3. The average molecular weight is 373 g/mol. The Morgan fingerprint density at radius 3 is 2.54 bits per heavy atom. The maximum atomic E-state index is 12.5. The molecule has 0 radical (unpaired) electrons. The molecule has 2 fully saturated rings. The molecule has 26 heavy (non-hydrogen) atoms.